The number of halogens is 3. The molecule has 7 heteroatoms. The van der Waals surface area contributed by atoms with Crippen LogP contribution in [0.2, 0.25) is 0 Å². The Morgan fingerprint density at radius 3 is 2.43 bits per heavy atom. The monoisotopic (exact) mass is 491 g/mol. The zero-order valence-electron chi connectivity index (χ0n) is 18.6. The molecule has 0 unspecified atom stereocenters. The van der Waals surface area contributed by atoms with E-state index < -0.39 is 11.7 Å². The maximum atomic E-state index is 13.0. The second-order valence-corrected chi connectivity index (χ2v) is 9.11. The summed E-state index contributed by atoms with van der Waals surface area (Å²) in [4.78, 5) is 13.0. The molecule has 0 saturated carbocycles. The Morgan fingerprint density at radius 2 is 1.66 bits per heavy atom. The van der Waals surface area contributed by atoms with Gasteiger partial charge >= 0.3 is 6.18 Å². The van der Waals surface area contributed by atoms with Gasteiger partial charge in [-0.25, -0.2) is 0 Å². The van der Waals surface area contributed by atoms with E-state index in [1.54, 1.807) is 41.7 Å². The Morgan fingerprint density at radius 1 is 0.914 bits per heavy atom. The van der Waals surface area contributed by atoms with Gasteiger partial charge < -0.3 is 10.1 Å². The van der Waals surface area contributed by atoms with E-state index in [2.05, 4.69) is 17.4 Å². The van der Waals surface area contributed by atoms with Gasteiger partial charge in [-0.1, -0.05) is 30.3 Å². The highest BCUT2D eigenvalue weighted by atomic mass is 32.1. The fourth-order valence-corrected chi connectivity index (χ4v) is 5.04. The molecule has 5 aromatic rings. The lowest BCUT2D eigenvalue weighted by Crippen LogP contribution is -2.26. The molecule has 0 saturated heterocycles. The van der Waals surface area contributed by atoms with Crippen molar-refractivity contribution in [2.75, 3.05) is 0 Å². The summed E-state index contributed by atoms with van der Waals surface area (Å²) in [6, 6.07) is 23.2. The summed E-state index contributed by atoms with van der Waals surface area (Å²) in [5.74, 6) is 0.595. The van der Waals surface area contributed by atoms with Crippen molar-refractivity contribution in [3.05, 3.63) is 107 Å². The molecule has 0 radical (unpaired) electrons. The minimum atomic E-state index is -4.40. The van der Waals surface area contributed by atoms with E-state index in [-0.39, 0.29) is 11.9 Å². The van der Waals surface area contributed by atoms with Crippen LogP contribution in [0.1, 0.15) is 34.5 Å². The first kappa shape index (κ1) is 22.9. The number of benzene rings is 4. The van der Waals surface area contributed by atoms with Crippen LogP contribution in [-0.4, -0.2) is 5.91 Å². The van der Waals surface area contributed by atoms with Gasteiger partial charge in [0.05, 0.1) is 11.6 Å². The summed E-state index contributed by atoms with van der Waals surface area (Å²) in [6.45, 7) is 1.96. The molecular formula is C28H20F3NO2S. The highest BCUT2D eigenvalue weighted by molar-refractivity contribution is 7.17. The molecule has 1 aromatic heterocycles. The lowest BCUT2D eigenvalue weighted by Gasteiger charge is -2.16. The number of alkyl halides is 3. The van der Waals surface area contributed by atoms with E-state index in [0.717, 1.165) is 38.6 Å². The van der Waals surface area contributed by atoms with Crippen molar-refractivity contribution in [1.82, 2.24) is 5.32 Å². The van der Waals surface area contributed by atoms with Gasteiger partial charge in [0.15, 0.2) is 0 Å². The predicted octanol–water partition coefficient (Wildman–Crippen LogP) is 8.36. The average molecular weight is 492 g/mol. The van der Waals surface area contributed by atoms with Crippen molar-refractivity contribution in [2.24, 2.45) is 0 Å². The molecule has 1 N–H and O–H groups in total. The van der Waals surface area contributed by atoms with E-state index >= 15 is 0 Å². The first-order valence-electron chi connectivity index (χ1n) is 10.9. The Kier molecular flexibility index (Phi) is 5.94. The molecule has 0 aliphatic carbocycles. The maximum absolute atomic E-state index is 13.0. The molecule has 5 rings (SSSR count). The van der Waals surface area contributed by atoms with E-state index in [9.17, 15) is 18.0 Å². The van der Waals surface area contributed by atoms with E-state index in [1.165, 1.54) is 12.1 Å². The third kappa shape index (κ3) is 4.72. The zero-order valence-corrected chi connectivity index (χ0v) is 19.4. The number of hydrogen-bond acceptors (Lipinski definition) is 3. The number of hydrogen-bond donors (Lipinski definition) is 1. The van der Waals surface area contributed by atoms with E-state index in [1.807, 2.05) is 30.5 Å². The summed E-state index contributed by atoms with van der Waals surface area (Å²) < 4.78 is 45.4. The van der Waals surface area contributed by atoms with Crippen molar-refractivity contribution in [3.63, 3.8) is 0 Å². The summed E-state index contributed by atoms with van der Waals surface area (Å²) >= 11 is 1.65. The highest BCUT2D eigenvalue weighted by Gasteiger charge is 2.30. The third-order valence-corrected chi connectivity index (χ3v) is 6.81. The van der Waals surface area contributed by atoms with Crippen LogP contribution in [0.15, 0.2) is 90.3 Å². The Hall–Kier alpha value is -3.84. The van der Waals surface area contributed by atoms with Gasteiger partial charge in [-0.15, -0.1) is 11.3 Å². The predicted molar refractivity (Wildman–Crippen MR) is 133 cm³/mol. The van der Waals surface area contributed by atoms with Crippen LogP contribution in [-0.2, 0) is 6.18 Å². The lowest BCUT2D eigenvalue weighted by atomic mass is 10.0. The molecule has 176 valence electrons. The summed E-state index contributed by atoms with van der Waals surface area (Å²) in [7, 11) is 0. The number of rotatable bonds is 5. The average Bonchev–Trinajstić information content (AvgIpc) is 3.33. The van der Waals surface area contributed by atoms with Crippen molar-refractivity contribution in [1.29, 1.82) is 0 Å². The Bertz CT molecular complexity index is 1520. The van der Waals surface area contributed by atoms with Crippen molar-refractivity contribution < 1.29 is 22.7 Å². The Balaban J connectivity index is 1.36. The van der Waals surface area contributed by atoms with Crippen LogP contribution >= 0.6 is 11.3 Å². The quantitative estimate of drug-likeness (QED) is 0.268. The second kappa shape index (κ2) is 9.07. The normalized spacial score (nSPS) is 12.6. The summed E-state index contributed by atoms with van der Waals surface area (Å²) in [5.41, 5.74) is 0.844. The smallest absolute Gasteiger partial charge is 0.416 e. The van der Waals surface area contributed by atoms with Crippen molar-refractivity contribution in [2.45, 2.75) is 19.1 Å². The molecule has 1 amide bonds. The third-order valence-electron chi connectivity index (χ3n) is 5.84. The SMILES string of the molecule is C[C@H](NC(=O)c1ccc2c(Oc3ccc(C(F)(F)F)cc3)cccc2c1)c1cccc2ccsc12. The standard InChI is InChI=1S/C28H20F3NO2S/c1-17(23-6-2-4-18-14-15-35-26(18)23)32-27(33)20-8-13-24-19(16-20)5-3-7-25(24)34-22-11-9-21(10-12-22)28(29,30)31/h2-17H,1H3,(H,32,33)/t17-/m0/s1. The second-order valence-electron chi connectivity index (χ2n) is 8.20. The number of carbonyl (C=O) groups excluding carboxylic acids is 1. The van der Waals surface area contributed by atoms with Crippen LogP contribution in [0.3, 0.4) is 0 Å². The molecule has 35 heavy (non-hydrogen) atoms. The van der Waals surface area contributed by atoms with Crippen LogP contribution in [0.4, 0.5) is 13.2 Å². The molecule has 3 nitrogen and oxygen atoms in total. The van der Waals surface area contributed by atoms with Gasteiger partial charge in [-0.05, 0) is 83.2 Å². The minimum Gasteiger partial charge on any atom is -0.457 e. The van der Waals surface area contributed by atoms with Crippen molar-refractivity contribution >= 4 is 38.1 Å². The van der Waals surface area contributed by atoms with Gasteiger partial charge in [0.1, 0.15) is 11.5 Å². The van der Waals surface area contributed by atoms with Gasteiger partial charge in [0.2, 0.25) is 0 Å². The number of thiophene rings is 1. The van der Waals surface area contributed by atoms with E-state index in [0.29, 0.717) is 17.1 Å². The molecular weight excluding hydrogens is 471 g/mol. The first-order chi connectivity index (χ1) is 16.8. The zero-order chi connectivity index (χ0) is 24.6. The van der Waals surface area contributed by atoms with E-state index in [4.69, 9.17) is 4.74 Å². The molecule has 0 bridgehead atoms. The number of carbonyl (C=O) groups is 1. The fourth-order valence-electron chi connectivity index (χ4n) is 4.04. The van der Waals surface area contributed by atoms with Crippen LogP contribution in [0.5, 0.6) is 11.5 Å². The number of amides is 1. The lowest BCUT2D eigenvalue weighted by molar-refractivity contribution is -0.137. The van der Waals surface area contributed by atoms with Gasteiger partial charge in [0, 0.05) is 15.6 Å². The largest absolute Gasteiger partial charge is 0.457 e. The number of fused-ring (bicyclic) bond motifs is 2. The van der Waals surface area contributed by atoms with Crippen LogP contribution in [0.25, 0.3) is 20.9 Å². The molecule has 4 aromatic carbocycles. The fraction of sp³-hybridized carbons (Fsp3) is 0.107. The molecule has 1 heterocycles. The molecule has 0 spiro atoms. The van der Waals surface area contributed by atoms with Gasteiger partial charge in [-0.2, -0.15) is 13.2 Å². The van der Waals surface area contributed by atoms with Gasteiger partial charge in [-0.3, -0.25) is 4.79 Å². The maximum Gasteiger partial charge on any atom is 0.416 e. The molecule has 0 aliphatic heterocycles. The minimum absolute atomic E-state index is 0.171. The first-order valence-corrected chi connectivity index (χ1v) is 11.8. The van der Waals surface area contributed by atoms with Gasteiger partial charge in [0.25, 0.3) is 5.91 Å². The summed E-state index contributed by atoms with van der Waals surface area (Å²) in [5, 5.41) is 7.80. The molecule has 0 aliphatic rings. The van der Waals surface area contributed by atoms with Crippen molar-refractivity contribution in [3.8, 4) is 11.5 Å². The Labute approximate surface area is 203 Å². The summed E-state index contributed by atoms with van der Waals surface area (Å²) in [6.07, 6.45) is -4.40. The molecule has 0 fully saturated rings. The molecule has 1 atom stereocenters. The number of nitrogens with one attached hydrogen (secondary N) is 1. The van der Waals surface area contributed by atoms with Crippen LogP contribution < -0.4 is 10.1 Å². The topological polar surface area (TPSA) is 38.3 Å². The van der Waals surface area contributed by atoms with Crippen LogP contribution in [0, 0.1) is 0 Å². The number of ether oxygens (including phenoxy) is 1. The highest BCUT2D eigenvalue weighted by Crippen LogP contribution is 2.34.